The summed E-state index contributed by atoms with van der Waals surface area (Å²) < 4.78 is 0. The first-order valence-corrected chi connectivity index (χ1v) is 6.77. The first-order chi connectivity index (χ1) is 8.16. The average molecular weight is 271 g/mol. The topological polar surface area (TPSA) is 38.0 Å². The zero-order valence-electron chi connectivity index (χ0n) is 10.1. The van der Waals surface area contributed by atoms with Crippen LogP contribution < -0.4 is 11.1 Å². The fourth-order valence-corrected chi connectivity index (χ4v) is 2.25. The fourth-order valence-electron chi connectivity index (χ4n) is 1.70. The molecule has 0 aliphatic rings. The van der Waals surface area contributed by atoms with Crippen LogP contribution >= 0.6 is 23.8 Å². The maximum atomic E-state index is 6.08. The molecule has 0 aliphatic carbocycles. The van der Waals surface area contributed by atoms with E-state index in [0.29, 0.717) is 10.0 Å². The average Bonchev–Trinajstić information content (AvgIpc) is 2.28. The van der Waals surface area contributed by atoms with Gasteiger partial charge < -0.3 is 11.1 Å². The van der Waals surface area contributed by atoms with Crippen LogP contribution in [0, 0.1) is 0 Å². The van der Waals surface area contributed by atoms with Crippen LogP contribution in [0.3, 0.4) is 0 Å². The fraction of sp³-hybridized carbons (Fsp3) is 0.462. The lowest BCUT2D eigenvalue weighted by molar-refractivity contribution is 0.685. The second kappa shape index (κ2) is 7.51. The van der Waals surface area contributed by atoms with Crippen LogP contribution in [0.5, 0.6) is 0 Å². The number of nitrogens with one attached hydrogen (secondary N) is 1. The van der Waals surface area contributed by atoms with Gasteiger partial charge in [0.05, 0.1) is 10.6 Å². The maximum Gasteiger partial charge on any atom is 0.107 e. The van der Waals surface area contributed by atoms with Gasteiger partial charge in [-0.3, -0.25) is 0 Å². The zero-order chi connectivity index (χ0) is 12.7. The lowest BCUT2D eigenvalue weighted by Crippen LogP contribution is -2.14. The van der Waals surface area contributed by atoms with E-state index >= 15 is 0 Å². The van der Waals surface area contributed by atoms with Crippen LogP contribution in [0.1, 0.15) is 38.2 Å². The van der Waals surface area contributed by atoms with Crippen molar-refractivity contribution < 1.29 is 0 Å². The van der Waals surface area contributed by atoms with Crippen molar-refractivity contribution >= 4 is 34.5 Å². The number of anilines is 1. The molecule has 94 valence electrons. The zero-order valence-corrected chi connectivity index (χ0v) is 11.7. The van der Waals surface area contributed by atoms with E-state index < -0.39 is 0 Å². The van der Waals surface area contributed by atoms with Gasteiger partial charge in [0.1, 0.15) is 4.99 Å². The van der Waals surface area contributed by atoms with E-state index in [1.165, 1.54) is 19.3 Å². The molecule has 0 heterocycles. The first kappa shape index (κ1) is 14.3. The summed E-state index contributed by atoms with van der Waals surface area (Å²) in [6.07, 6.45) is 4.91. The molecule has 0 bridgehead atoms. The molecule has 0 fully saturated rings. The molecular weight excluding hydrogens is 252 g/mol. The Morgan fingerprint density at radius 1 is 1.35 bits per heavy atom. The highest BCUT2D eigenvalue weighted by atomic mass is 35.5. The Hall–Kier alpha value is -0.800. The van der Waals surface area contributed by atoms with Crippen molar-refractivity contribution in [1.29, 1.82) is 0 Å². The SMILES string of the molecule is CCCCCCNc1cccc(Cl)c1C(N)=S. The van der Waals surface area contributed by atoms with Gasteiger partial charge in [0.15, 0.2) is 0 Å². The lowest BCUT2D eigenvalue weighted by atomic mass is 10.1. The summed E-state index contributed by atoms with van der Waals surface area (Å²) in [6, 6.07) is 5.66. The predicted molar refractivity (Wildman–Crippen MR) is 80.0 cm³/mol. The minimum absolute atomic E-state index is 0.339. The number of unbranched alkanes of at least 4 members (excludes halogenated alkanes) is 3. The largest absolute Gasteiger partial charge is 0.389 e. The van der Waals surface area contributed by atoms with Gasteiger partial charge in [-0.05, 0) is 18.6 Å². The molecule has 0 unspecified atom stereocenters. The van der Waals surface area contributed by atoms with Crippen LogP contribution in [-0.2, 0) is 0 Å². The van der Waals surface area contributed by atoms with Crippen molar-refractivity contribution in [3.8, 4) is 0 Å². The molecule has 0 aliphatic heterocycles. The van der Waals surface area contributed by atoms with Crippen molar-refractivity contribution in [3.05, 3.63) is 28.8 Å². The van der Waals surface area contributed by atoms with Crippen LogP contribution in [0.15, 0.2) is 18.2 Å². The standard InChI is InChI=1S/C13H19ClN2S/c1-2-3-4-5-9-16-11-8-6-7-10(14)12(11)13(15)17/h6-8,16H,2-5,9H2,1H3,(H2,15,17). The molecule has 0 atom stereocenters. The number of halogens is 1. The van der Waals surface area contributed by atoms with E-state index in [0.717, 1.165) is 24.2 Å². The third-order valence-electron chi connectivity index (χ3n) is 2.61. The van der Waals surface area contributed by atoms with Crippen LogP contribution in [-0.4, -0.2) is 11.5 Å². The maximum absolute atomic E-state index is 6.08. The molecule has 3 N–H and O–H groups in total. The van der Waals surface area contributed by atoms with E-state index in [4.69, 9.17) is 29.6 Å². The van der Waals surface area contributed by atoms with E-state index in [9.17, 15) is 0 Å². The minimum Gasteiger partial charge on any atom is -0.389 e. The molecule has 0 spiro atoms. The number of nitrogens with two attached hydrogens (primary N) is 1. The van der Waals surface area contributed by atoms with Crippen molar-refractivity contribution in [2.45, 2.75) is 32.6 Å². The summed E-state index contributed by atoms with van der Waals surface area (Å²) >= 11 is 11.1. The molecule has 0 saturated carbocycles. The molecule has 1 aromatic carbocycles. The highest BCUT2D eigenvalue weighted by Gasteiger charge is 2.08. The second-order valence-electron chi connectivity index (χ2n) is 4.01. The minimum atomic E-state index is 0.339. The van der Waals surface area contributed by atoms with E-state index in [-0.39, 0.29) is 0 Å². The molecule has 0 radical (unpaired) electrons. The first-order valence-electron chi connectivity index (χ1n) is 5.99. The van der Waals surface area contributed by atoms with Gasteiger partial charge in [0.25, 0.3) is 0 Å². The highest BCUT2D eigenvalue weighted by Crippen LogP contribution is 2.24. The van der Waals surface area contributed by atoms with Gasteiger partial charge in [-0.1, -0.05) is 56.1 Å². The molecule has 0 aromatic heterocycles. The Labute approximate surface area is 114 Å². The third kappa shape index (κ3) is 4.52. The number of thiocarbonyl (C=S) groups is 1. The monoisotopic (exact) mass is 270 g/mol. The van der Waals surface area contributed by atoms with Gasteiger partial charge in [0, 0.05) is 12.2 Å². The molecule has 4 heteroatoms. The normalized spacial score (nSPS) is 10.2. The smallest absolute Gasteiger partial charge is 0.107 e. The number of hydrogen-bond donors (Lipinski definition) is 2. The Morgan fingerprint density at radius 2 is 2.12 bits per heavy atom. The summed E-state index contributed by atoms with van der Waals surface area (Å²) in [5.74, 6) is 0. The Bertz CT molecular complexity index is 380. The van der Waals surface area contributed by atoms with Crippen molar-refractivity contribution in [2.24, 2.45) is 5.73 Å². The molecule has 17 heavy (non-hydrogen) atoms. The molecule has 1 aromatic rings. The third-order valence-corrected chi connectivity index (χ3v) is 3.12. The predicted octanol–water partition coefficient (Wildman–Crippen LogP) is 3.97. The molecule has 0 amide bonds. The van der Waals surface area contributed by atoms with Crippen LogP contribution in [0.25, 0.3) is 0 Å². The van der Waals surface area contributed by atoms with Crippen LogP contribution in [0.4, 0.5) is 5.69 Å². The van der Waals surface area contributed by atoms with E-state index in [1.807, 2.05) is 12.1 Å². The summed E-state index contributed by atoms with van der Waals surface area (Å²) in [6.45, 7) is 3.13. The van der Waals surface area contributed by atoms with E-state index in [1.54, 1.807) is 6.07 Å². The van der Waals surface area contributed by atoms with Gasteiger partial charge in [-0.2, -0.15) is 0 Å². The summed E-state index contributed by atoms with van der Waals surface area (Å²) in [4.78, 5) is 0.339. The molecule has 2 nitrogen and oxygen atoms in total. The Morgan fingerprint density at radius 3 is 2.76 bits per heavy atom. The number of hydrogen-bond acceptors (Lipinski definition) is 2. The van der Waals surface area contributed by atoms with Crippen LogP contribution in [0.2, 0.25) is 5.02 Å². The van der Waals surface area contributed by atoms with Crippen molar-refractivity contribution in [2.75, 3.05) is 11.9 Å². The van der Waals surface area contributed by atoms with Gasteiger partial charge in [-0.25, -0.2) is 0 Å². The number of benzene rings is 1. The molecule has 1 rings (SSSR count). The Kier molecular flexibility index (Phi) is 6.30. The van der Waals surface area contributed by atoms with Gasteiger partial charge >= 0.3 is 0 Å². The Balaban J connectivity index is 2.58. The number of rotatable bonds is 7. The molecule has 0 saturated heterocycles. The van der Waals surface area contributed by atoms with Gasteiger partial charge in [0.2, 0.25) is 0 Å². The summed E-state index contributed by atoms with van der Waals surface area (Å²) in [5.41, 5.74) is 7.36. The lowest BCUT2D eigenvalue weighted by Gasteiger charge is -2.12. The quantitative estimate of drug-likeness (QED) is 0.582. The summed E-state index contributed by atoms with van der Waals surface area (Å²) in [5, 5.41) is 3.95. The van der Waals surface area contributed by atoms with Gasteiger partial charge in [-0.15, -0.1) is 0 Å². The van der Waals surface area contributed by atoms with Crippen molar-refractivity contribution in [1.82, 2.24) is 0 Å². The van der Waals surface area contributed by atoms with Crippen molar-refractivity contribution in [3.63, 3.8) is 0 Å². The second-order valence-corrected chi connectivity index (χ2v) is 4.86. The van der Waals surface area contributed by atoms with E-state index in [2.05, 4.69) is 12.2 Å². The highest BCUT2D eigenvalue weighted by molar-refractivity contribution is 7.80. The molecular formula is C13H19ClN2S. The summed E-state index contributed by atoms with van der Waals surface area (Å²) in [7, 11) is 0.